The van der Waals surface area contributed by atoms with Crippen LogP contribution in [0.15, 0.2) is 28.9 Å². The molecule has 0 aromatic carbocycles. The van der Waals surface area contributed by atoms with Gasteiger partial charge >= 0.3 is 6.18 Å². The Labute approximate surface area is 119 Å². The Balaban J connectivity index is 2.35. The van der Waals surface area contributed by atoms with Crippen LogP contribution in [-0.2, 0) is 12.7 Å². The number of furan rings is 1. The third-order valence-corrected chi connectivity index (χ3v) is 2.85. The van der Waals surface area contributed by atoms with Crippen molar-refractivity contribution in [2.24, 2.45) is 0 Å². The van der Waals surface area contributed by atoms with E-state index in [9.17, 15) is 13.2 Å². The van der Waals surface area contributed by atoms with Gasteiger partial charge in [-0.15, -0.1) is 0 Å². The summed E-state index contributed by atoms with van der Waals surface area (Å²) in [6.07, 6.45) is -3.07. The van der Waals surface area contributed by atoms with Crippen molar-refractivity contribution < 1.29 is 17.6 Å². The lowest BCUT2D eigenvalue weighted by Gasteiger charge is -2.22. The zero-order valence-corrected chi connectivity index (χ0v) is 11.6. The summed E-state index contributed by atoms with van der Waals surface area (Å²) in [6.45, 7) is 2.65. The molecule has 0 saturated carbocycles. The number of anilines is 2. The third kappa shape index (κ3) is 3.65. The number of hydrogen-bond acceptors (Lipinski definition) is 5. The molecule has 0 aliphatic carbocycles. The summed E-state index contributed by atoms with van der Waals surface area (Å²) in [5, 5.41) is 2.62. The zero-order valence-electron chi connectivity index (χ0n) is 11.6. The largest absolute Gasteiger partial charge is 0.467 e. The van der Waals surface area contributed by atoms with Gasteiger partial charge in [0.25, 0.3) is 0 Å². The number of halogens is 3. The van der Waals surface area contributed by atoms with E-state index < -0.39 is 12.0 Å². The molecular formula is C13H15F3N4O. The molecule has 0 aliphatic heterocycles. The quantitative estimate of drug-likeness (QED) is 0.919. The molecule has 0 atom stereocenters. The van der Waals surface area contributed by atoms with Gasteiger partial charge < -0.3 is 14.6 Å². The molecule has 21 heavy (non-hydrogen) atoms. The van der Waals surface area contributed by atoms with Gasteiger partial charge in [-0.25, -0.2) is 9.97 Å². The summed E-state index contributed by atoms with van der Waals surface area (Å²) < 4.78 is 43.7. The van der Waals surface area contributed by atoms with Gasteiger partial charge in [-0.1, -0.05) is 0 Å². The Bertz CT molecular complexity index is 584. The molecule has 2 aromatic heterocycles. The van der Waals surface area contributed by atoms with Gasteiger partial charge in [-0.05, 0) is 19.1 Å². The van der Waals surface area contributed by atoms with Gasteiger partial charge in [0.05, 0.1) is 12.8 Å². The Morgan fingerprint density at radius 3 is 2.62 bits per heavy atom. The molecule has 0 amide bonds. The number of alkyl halides is 3. The van der Waals surface area contributed by atoms with Crippen LogP contribution in [0.5, 0.6) is 0 Å². The summed E-state index contributed by atoms with van der Waals surface area (Å²) >= 11 is 0. The SMILES string of the molecule is CCN(Cc1ccco1)c1cc(NC)nc(C(F)(F)F)n1. The maximum Gasteiger partial charge on any atom is 0.451 e. The lowest BCUT2D eigenvalue weighted by atomic mass is 10.3. The molecule has 0 aliphatic rings. The van der Waals surface area contributed by atoms with E-state index in [2.05, 4.69) is 15.3 Å². The zero-order chi connectivity index (χ0) is 15.5. The van der Waals surface area contributed by atoms with Gasteiger partial charge in [-0.3, -0.25) is 0 Å². The van der Waals surface area contributed by atoms with Crippen LogP contribution in [0, 0.1) is 0 Å². The van der Waals surface area contributed by atoms with Crippen LogP contribution in [-0.4, -0.2) is 23.6 Å². The van der Waals surface area contributed by atoms with E-state index in [1.54, 1.807) is 17.0 Å². The lowest BCUT2D eigenvalue weighted by Crippen LogP contribution is -2.25. The fourth-order valence-electron chi connectivity index (χ4n) is 1.80. The molecule has 2 aromatic rings. The van der Waals surface area contributed by atoms with Gasteiger partial charge in [-0.2, -0.15) is 13.2 Å². The Morgan fingerprint density at radius 1 is 1.33 bits per heavy atom. The smallest absolute Gasteiger partial charge is 0.451 e. The van der Waals surface area contributed by atoms with Crippen molar-refractivity contribution in [3.63, 3.8) is 0 Å². The van der Waals surface area contributed by atoms with Crippen molar-refractivity contribution in [1.29, 1.82) is 0 Å². The topological polar surface area (TPSA) is 54.2 Å². The second-order valence-corrected chi connectivity index (χ2v) is 4.28. The maximum absolute atomic E-state index is 12.8. The summed E-state index contributed by atoms with van der Waals surface area (Å²) in [4.78, 5) is 8.73. The fraction of sp³-hybridized carbons (Fsp3) is 0.385. The highest BCUT2D eigenvalue weighted by Gasteiger charge is 2.35. The summed E-state index contributed by atoms with van der Waals surface area (Å²) in [5.41, 5.74) is 0. The predicted molar refractivity (Wildman–Crippen MR) is 72.0 cm³/mol. The average Bonchev–Trinajstić information content (AvgIpc) is 2.96. The molecule has 0 bridgehead atoms. The Kier molecular flexibility index (Phi) is 4.35. The molecule has 0 saturated heterocycles. The number of nitrogens with zero attached hydrogens (tertiary/aromatic N) is 3. The molecule has 2 rings (SSSR count). The molecule has 0 spiro atoms. The predicted octanol–water partition coefficient (Wildman–Crippen LogP) is 3.16. The van der Waals surface area contributed by atoms with Crippen LogP contribution < -0.4 is 10.2 Å². The number of aromatic nitrogens is 2. The van der Waals surface area contributed by atoms with Gasteiger partial charge in [0.1, 0.15) is 17.4 Å². The lowest BCUT2D eigenvalue weighted by molar-refractivity contribution is -0.144. The highest BCUT2D eigenvalue weighted by atomic mass is 19.4. The van der Waals surface area contributed by atoms with Crippen LogP contribution in [0.4, 0.5) is 24.8 Å². The number of hydrogen-bond donors (Lipinski definition) is 1. The second kappa shape index (κ2) is 6.02. The Hall–Kier alpha value is -2.25. The molecule has 5 nitrogen and oxygen atoms in total. The van der Waals surface area contributed by atoms with Crippen LogP contribution in [0.25, 0.3) is 0 Å². The first-order valence-corrected chi connectivity index (χ1v) is 6.35. The molecule has 2 heterocycles. The van der Waals surface area contributed by atoms with Crippen LogP contribution in [0.2, 0.25) is 0 Å². The van der Waals surface area contributed by atoms with Crippen molar-refractivity contribution in [3.8, 4) is 0 Å². The van der Waals surface area contributed by atoms with Gasteiger partial charge in [0.2, 0.25) is 5.82 Å². The van der Waals surface area contributed by atoms with E-state index in [1.807, 2.05) is 6.92 Å². The van der Waals surface area contributed by atoms with Crippen molar-refractivity contribution in [2.75, 3.05) is 23.8 Å². The van der Waals surface area contributed by atoms with E-state index in [4.69, 9.17) is 4.42 Å². The van der Waals surface area contributed by atoms with Crippen LogP contribution in [0.3, 0.4) is 0 Å². The van der Waals surface area contributed by atoms with Crippen molar-refractivity contribution in [2.45, 2.75) is 19.6 Å². The minimum absolute atomic E-state index is 0.116. The van der Waals surface area contributed by atoms with E-state index in [0.29, 0.717) is 18.8 Å². The molecule has 0 radical (unpaired) electrons. The maximum atomic E-state index is 12.8. The summed E-state index contributed by atoms with van der Waals surface area (Å²) in [7, 11) is 1.51. The van der Waals surface area contributed by atoms with E-state index in [0.717, 1.165) is 0 Å². The molecule has 0 fully saturated rings. The minimum atomic E-state index is -4.59. The highest BCUT2D eigenvalue weighted by molar-refractivity contribution is 5.49. The second-order valence-electron chi connectivity index (χ2n) is 4.28. The molecule has 114 valence electrons. The van der Waals surface area contributed by atoms with Gasteiger partial charge in [0, 0.05) is 19.7 Å². The van der Waals surface area contributed by atoms with Crippen molar-refractivity contribution in [3.05, 3.63) is 36.0 Å². The first kappa shape index (κ1) is 15.1. The summed E-state index contributed by atoms with van der Waals surface area (Å²) in [6, 6.07) is 4.96. The Morgan fingerprint density at radius 2 is 2.10 bits per heavy atom. The first-order valence-electron chi connectivity index (χ1n) is 6.35. The monoisotopic (exact) mass is 300 g/mol. The third-order valence-electron chi connectivity index (χ3n) is 2.85. The molecule has 0 unspecified atom stereocenters. The van der Waals surface area contributed by atoms with Gasteiger partial charge in [0.15, 0.2) is 0 Å². The molecule has 1 N–H and O–H groups in total. The number of nitrogens with one attached hydrogen (secondary N) is 1. The normalized spacial score (nSPS) is 11.5. The average molecular weight is 300 g/mol. The first-order chi connectivity index (χ1) is 9.94. The fourth-order valence-corrected chi connectivity index (χ4v) is 1.80. The standard InChI is InChI=1S/C13H15F3N4O/c1-3-20(8-9-5-4-6-21-9)11-7-10(17-2)18-12(19-11)13(14,15)16/h4-7H,3,8H2,1-2H3,(H,17,18,19). The van der Waals surface area contributed by atoms with E-state index in [-0.39, 0.29) is 11.6 Å². The van der Waals surface area contributed by atoms with Crippen molar-refractivity contribution in [1.82, 2.24) is 9.97 Å². The van der Waals surface area contributed by atoms with Crippen LogP contribution >= 0.6 is 0 Å². The number of rotatable bonds is 5. The van der Waals surface area contributed by atoms with Crippen LogP contribution in [0.1, 0.15) is 18.5 Å². The highest BCUT2D eigenvalue weighted by Crippen LogP contribution is 2.29. The molecular weight excluding hydrogens is 285 g/mol. The summed E-state index contributed by atoms with van der Waals surface area (Å²) in [5.74, 6) is -0.205. The van der Waals surface area contributed by atoms with E-state index in [1.165, 1.54) is 19.4 Å². The minimum Gasteiger partial charge on any atom is -0.467 e. The molecule has 8 heteroatoms. The van der Waals surface area contributed by atoms with E-state index >= 15 is 0 Å². The van der Waals surface area contributed by atoms with Crippen molar-refractivity contribution >= 4 is 11.6 Å².